The summed E-state index contributed by atoms with van der Waals surface area (Å²) < 4.78 is 28.7. The number of imidazole rings is 1. The molecule has 0 aliphatic rings. The van der Waals surface area contributed by atoms with Gasteiger partial charge >= 0.3 is 0 Å². The molecule has 0 aliphatic carbocycles. The third kappa shape index (κ3) is 6.40. The lowest BCUT2D eigenvalue weighted by Gasteiger charge is -2.13. The van der Waals surface area contributed by atoms with Gasteiger partial charge in [0.15, 0.2) is 28.6 Å². The van der Waals surface area contributed by atoms with Crippen LogP contribution in [0.1, 0.15) is 36.7 Å². The third-order valence-electron chi connectivity index (χ3n) is 5.88. The van der Waals surface area contributed by atoms with Crippen molar-refractivity contribution in [3.05, 3.63) is 82.4 Å². The zero-order valence-electron chi connectivity index (χ0n) is 20.4. The molecule has 4 rings (SSSR count). The Bertz CT molecular complexity index is 1490. The maximum absolute atomic E-state index is 13.6. The first-order valence-electron chi connectivity index (χ1n) is 11.8. The normalized spacial score (nSPS) is 11.6. The molecule has 1 amide bonds. The highest BCUT2D eigenvalue weighted by atomic mass is 35.5. The van der Waals surface area contributed by atoms with Crippen molar-refractivity contribution >= 4 is 34.5 Å². The lowest BCUT2D eigenvalue weighted by Crippen LogP contribution is -2.27. The summed E-state index contributed by atoms with van der Waals surface area (Å²) in [5, 5.41) is 6.60. The number of aromatic nitrogens is 4. The van der Waals surface area contributed by atoms with Crippen LogP contribution < -0.4 is 10.6 Å². The number of benzene rings is 2. The number of hydrogen-bond acceptors (Lipinski definition) is 5. The van der Waals surface area contributed by atoms with Crippen LogP contribution in [0, 0.1) is 29.4 Å². The topological polar surface area (TPSA) is 84.7 Å². The highest BCUT2D eigenvalue weighted by molar-refractivity contribution is 6.30. The van der Waals surface area contributed by atoms with Crippen LogP contribution in [0.3, 0.4) is 0 Å². The molecule has 190 valence electrons. The van der Waals surface area contributed by atoms with Gasteiger partial charge in [-0.05, 0) is 54.7 Å². The van der Waals surface area contributed by atoms with Crippen molar-refractivity contribution in [3.63, 3.8) is 0 Å². The number of halogens is 3. The smallest absolute Gasteiger partial charge is 0.222 e. The molecule has 2 heterocycles. The Hall–Kier alpha value is -4.03. The van der Waals surface area contributed by atoms with E-state index in [-0.39, 0.29) is 17.6 Å². The van der Waals surface area contributed by atoms with Gasteiger partial charge in [0.2, 0.25) is 11.7 Å². The van der Waals surface area contributed by atoms with Crippen molar-refractivity contribution in [2.45, 2.75) is 32.9 Å². The van der Waals surface area contributed by atoms with Crippen LogP contribution in [0.25, 0.3) is 11.2 Å². The van der Waals surface area contributed by atoms with Crippen molar-refractivity contribution in [2.75, 3.05) is 12.4 Å². The molecule has 0 aliphatic heterocycles. The van der Waals surface area contributed by atoms with Gasteiger partial charge in [-0.3, -0.25) is 4.79 Å². The quantitative estimate of drug-likeness (QED) is 0.320. The molecule has 10 heteroatoms. The van der Waals surface area contributed by atoms with Gasteiger partial charge in [-0.2, -0.15) is 0 Å². The Morgan fingerprint density at radius 2 is 1.97 bits per heavy atom. The van der Waals surface area contributed by atoms with Crippen LogP contribution in [0.15, 0.2) is 48.8 Å². The van der Waals surface area contributed by atoms with Crippen LogP contribution >= 0.6 is 11.6 Å². The van der Waals surface area contributed by atoms with Crippen LogP contribution in [0.5, 0.6) is 0 Å². The van der Waals surface area contributed by atoms with E-state index < -0.39 is 11.6 Å². The third-order valence-corrected chi connectivity index (χ3v) is 6.11. The van der Waals surface area contributed by atoms with Crippen molar-refractivity contribution in [1.82, 2.24) is 24.8 Å². The van der Waals surface area contributed by atoms with Crippen molar-refractivity contribution in [2.24, 2.45) is 5.92 Å². The number of hydrogen-bond donors (Lipinski definition) is 2. The van der Waals surface area contributed by atoms with Gasteiger partial charge in [0, 0.05) is 36.6 Å². The molecule has 0 radical (unpaired) electrons. The SMILES string of the molecule is CCC(CCn1cnc2c(NCc3cccc(Cl)c3)nc(C#Cc3ccc(F)c(F)c3)nc21)C(=O)NC. The van der Waals surface area contributed by atoms with E-state index in [9.17, 15) is 13.6 Å². The van der Waals surface area contributed by atoms with Gasteiger partial charge in [0.05, 0.1) is 6.33 Å². The van der Waals surface area contributed by atoms with Gasteiger partial charge in [-0.1, -0.05) is 36.6 Å². The maximum Gasteiger partial charge on any atom is 0.222 e. The minimum atomic E-state index is -0.980. The molecule has 0 fully saturated rings. The zero-order valence-corrected chi connectivity index (χ0v) is 21.1. The number of anilines is 1. The monoisotopic (exact) mass is 522 g/mol. The summed E-state index contributed by atoms with van der Waals surface area (Å²) in [5.74, 6) is 4.21. The summed E-state index contributed by atoms with van der Waals surface area (Å²) in [4.78, 5) is 25.7. The number of rotatable bonds is 8. The van der Waals surface area contributed by atoms with E-state index in [0.717, 1.165) is 17.7 Å². The van der Waals surface area contributed by atoms with Crippen molar-refractivity contribution in [1.29, 1.82) is 0 Å². The molecule has 7 nitrogen and oxygen atoms in total. The molecule has 0 saturated carbocycles. The fourth-order valence-corrected chi connectivity index (χ4v) is 4.05. The lowest BCUT2D eigenvalue weighted by molar-refractivity contribution is -0.124. The first kappa shape index (κ1) is 26.0. The summed E-state index contributed by atoms with van der Waals surface area (Å²) in [7, 11) is 1.63. The molecular formula is C27H25ClF2N6O. The number of carbonyl (C=O) groups excluding carboxylic acids is 1. The fraction of sp³-hybridized carbons (Fsp3) is 0.259. The predicted molar refractivity (Wildman–Crippen MR) is 139 cm³/mol. The van der Waals surface area contributed by atoms with Crippen LogP contribution in [0.4, 0.5) is 14.6 Å². The molecule has 0 spiro atoms. The molecule has 0 saturated heterocycles. The first-order valence-corrected chi connectivity index (χ1v) is 12.2. The number of aryl methyl sites for hydroxylation is 1. The second-order valence-corrected chi connectivity index (χ2v) is 8.81. The Balaban J connectivity index is 1.68. The molecular weight excluding hydrogens is 498 g/mol. The zero-order chi connectivity index (χ0) is 26.4. The van der Waals surface area contributed by atoms with Crippen LogP contribution in [-0.4, -0.2) is 32.5 Å². The van der Waals surface area contributed by atoms with E-state index in [2.05, 4.69) is 37.4 Å². The predicted octanol–water partition coefficient (Wildman–Crippen LogP) is 4.93. The van der Waals surface area contributed by atoms with E-state index in [1.807, 2.05) is 29.7 Å². The largest absolute Gasteiger partial charge is 0.364 e. The first-order chi connectivity index (χ1) is 17.9. The highest BCUT2D eigenvalue weighted by Gasteiger charge is 2.17. The highest BCUT2D eigenvalue weighted by Crippen LogP contribution is 2.22. The standard InChI is InChI=1S/C27H25ClF2N6O/c1-3-19(27(37)31-2)11-12-36-16-33-24-25(32-15-18-5-4-6-20(28)13-18)34-23(35-26(24)36)10-8-17-7-9-21(29)22(30)14-17/h4-7,9,13-14,16,19H,3,11-12,15H2,1-2H3,(H,31,37)(H,32,34,35). The summed E-state index contributed by atoms with van der Waals surface area (Å²) in [6.07, 6.45) is 2.97. The van der Waals surface area contributed by atoms with Gasteiger partial charge < -0.3 is 15.2 Å². The minimum absolute atomic E-state index is 0.0106. The molecule has 37 heavy (non-hydrogen) atoms. The molecule has 1 unspecified atom stereocenters. The van der Waals surface area contributed by atoms with Gasteiger partial charge in [-0.15, -0.1) is 0 Å². The number of nitrogens with zero attached hydrogens (tertiary/aromatic N) is 4. The second kappa shape index (κ2) is 11.8. The number of nitrogens with one attached hydrogen (secondary N) is 2. The van der Waals surface area contributed by atoms with Gasteiger partial charge in [0.25, 0.3) is 0 Å². The summed E-state index contributed by atoms with van der Waals surface area (Å²) in [5.41, 5.74) is 2.34. The molecule has 2 N–H and O–H groups in total. The van der Waals surface area contributed by atoms with E-state index in [1.54, 1.807) is 19.4 Å². The van der Waals surface area contributed by atoms with Crippen LogP contribution in [0.2, 0.25) is 5.02 Å². The maximum atomic E-state index is 13.6. The average Bonchev–Trinajstić information content (AvgIpc) is 3.31. The Morgan fingerprint density at radius 1 is 1.14 bits per heavy atom. The second-order valence-electron chi connectivity index (χ2n) is 8.38. The van der Waals surface area contributed by atoms with E-state index >= 15 is 0 Å². The summed E-state index contributed by atoms with van der Waals surface area (Å²) in [6, 6.07) is 10.9. The number of fused-ring (bicyclic) bond motifs is 1. The van der Waals surface area contributed by atoms with Gasteiger partial charge in [-0.25, -0.2) is 23.7 Å². The Kier molecular flexibility index (Phi) is 8.31. The lowest BCUT2D eigenvalue weighted by atomic mass is 10.0. The molecule has 2 aromatic heterocycles. The van der Waals surface area contributed by atoms with E-state index in [0.29, 0.717) is 53.5 Å². The number of carbonyl (C=O) groups is 1. The van der Waals surface area contributed by atoms with Crippen molar-refractivity contribution < 1.29 is 13.6 Å². The summed E-state index contributed by atoms with van der Waals surface area (Å²) >= 11 is 6.11. The average molecular weight is 523 g/mol. The van der Waals surface area contributed by atoms with Gasteiger partial charge in [0.1, 0.15) is 0 Å². The molecule has 4 aromatic rings. The van der Waals surface area contributed by atoms with Crippen LogP contribution in [-0.2, 0) is 17.9 Å². The number of amides is 1. The van der Waals surface area contributed by atoms with Crippen molar-refractivity contribution in [3.8, 4) is 11.8 Å². The molecule has 1 atom stereocenters. The molecule has 2 aromatic carbocycles. The fourth-order valence-electron chi connectivity index (χ4n) is 3.84. The minimum Gasteiger partial charge on any atom is -0.364 e. The Labute approximate surface area is 218 Å². The Morgan fingerprint density at radius 3 is 2.70 bits per heavy atom. The van der Waals surface area contributed by atoms with E-state index in [4.69, 9.17) is 11.6 Å². The summed E-state index contributed by atoms with van der Waals surface area (Å²) in [6.45, 7) is 2.92. The van der Waals surface area contributed by atoms with E-state index in [1.165, 1.54) is 6.07 Å². The molecule has 0 bridgehead atoms.